The maximum absolute atomic E-state index is 11.7. The third-order valence-corrected chi connectivity index (χ3v) is 2.39. The topological polar surface area (TPSA) is 76.9 Å². The van der Waals surface area contributed by atoms with Gasteiger partial charge in [-0.2, -0.15) is 0 Å². The van der Waals surface area contributed by atoms with Crippen LogP contribution in [0.25, 0.3) is 10.9 Å². The largest absolute Gasteiger partial charge is 0.330 e. The molecular weight excluding hydrogens is 198 g/mol. The molecule has 0 atom stereocenters. The zero-order chi connectivity index (χ0) is 11.2. The van der Waals surface area contributed by atoms with E-state index in [2.05, 4.69) is 4.98 Å². The molecule has 78 valence electrons. The number of rotatable bonds is 0. The maximum atomic E-state index is 11.7. The molecule has 0 saturated carbocycles. The number of pyridine rings is 1. The molecule has 0 amide bonds. The molecule has 0 unspecified atom stereocenters. The van der Waals surface area contributed by atoms with E-state index in [9.17, 15) is 14.4 Å². The summed E-state index contributed by atoms with van der Waals surface area (Å²) in [4.78, 5) is 37.0. The number of H-pyrrole nitrogens is 1. The van der Waals surface area contributed by atoms with E-state index in [4.69, 9.17) is 0 Å². The average Bonchev–Trinajstić information content (AvgIpc) is 2.23. The van der Waals surface area contributed by atoms with Crippen LogP contribution in [0.1, 0.15) is 0 Å². The van der Waals surface area contributed by atoms with Crippen LogP contribution in [0.15, 0.2) is 26.6 Å². The minimum Gasteiger partial charge on any atom is -0.328 e. The van der Waals surface area contributed by atoms with E-state index in [-0.39, 0.29) is 5.39 Å². The fraction of sp³-hybridized carbons (Fsp3) is 0.222. The van der Waals surface area contributed by atoms with Crippen molar-refractivity contribution in [1.82, 2.24) is 14.1 Å². The first-order valence-electron chi connectivity index (χ1n) is 4.31. The molecule has 0 bridgehead atoms. The number of aromatic nitrogens is 3. The lowest BCUT2D eigenvalue weighted by Gasteiger charge is -2.05. The Bertz CT molecular complexity index is 705. The molecule has 0 spiro atoms. The van der Waals surface area contributed by atoms with Crippen LogP contribution >= 0.6 is 0 Å². The van der Waals surface area contributed by atoms with Gasteiger partial charge >= 0.3 is 5.69 Å². The van der Waals surface area contributed by atoms with Crippen LogP contribution in [0.5, 0.6) is 0 Å². The molecule has 15 heavy (non-hydrogen) atoms. The molecule has 0 aromatic carbocycles. The smallest absolute Gasteiger partial charge is 0.328 e. The summed E-state index contributed by atoms with van der Waals surface area (Å²) in [6.07, 6.45) is 1.41. The lowest BCUT2D eigenvalue weighted by Crippen LogP contribution is -2.39. The van der Waals surface area contributed by atoms with Crippen molar-refractivity contribution in [3.63, 3.8) is 0 Å². The lowest BCUT2D eigenvalue weighted by molar-refractivity contribution is 0.712. The van der Waals surface area contributed by atoms with Gasteiger partial charge < -0.3 is 4.98 Å². The average molecular weight is 207 g/mol. The van der Waals surface area contributed by atoms with Crippen LogP contribution in [0, 0.1) is 0 Å². The Labute approximate surface area is 83.4 Å². The summed E-state index contributed by atoms with van der Waals surface area (Å²) in [6, 6.07) is 1.53. The molecule has 0 radical (unpaired) electrons. The zero-order valence-electron chi connectivity index (χ0n) is 8.27. The van der Waals surface area contributed by atoms with E-state index in [0.717, 1.165) is 4.57 Å². The van der Waals surface area contributed by atoms with E-state index >= 15 is 0 Å². The summed E-state index contributed by atoms with van der Waals surface area (Å²) in [5.74, 6) is 0. The normalized spacial score (nSPS) is 10.8. The first-order chi connectivity index (χ1) is 7.04. The SMILES string of the molecule is Cn1c(=O)c2c(=O)[nH]ccc2n(C)c1=O. The molecule has 1 N–H and O–H groups in total. The van der Waals surface area contributed by atoms with Gasteiger partial charge in [-0.1, -0.05) is 0 Å². The monoisotopic (exact) mass is 207 g/mol. The molecule has 0 saturated heterocycles. The number of nitrogens with zero attached hydrogens (tertiary/aromatic N) is 2. The predicted octanol–water partition coefficient (Wildman–Crippen LogP) is -1.07. The van der Waals surface area contributed by atoms with Gasteiger partial charge in [0.15, 0.2) is 0 Å². The maximum Gasteiger partial charge on any atom is 0.330 e. The van der Waals surface area contributed by atoms with E-state index < -0.39 is 16.8 Å². The second-order valence-electron chi connectivity index (χ2n) is 3.27. The molecule has 2 rings (SSSR count). The van der Waals surface area contributed by atoms with Crippen LogP contribution in [0.2, 0.25) is 0 Å². The Morgan fingerprint density at radius 3 is 2.47 bits per heavy atom. The van der Waals surface area contributed by atoms with E-state index in [1.54, 1.807) is 0 Å². The van der Waals surface area contributed by atoms with Crippen molar-refractivity contribution in [1.29, 1.82) is 0 Å². The van der Waals surface area contributed by atoms with Crippen LogP contribution in [-0.2, 0) is 14.1 Å². The standard InChI is InChI=1S/C9H9N3O3/c1-11-5-3-4-10-7(13)6(5)8(14)12(2)9(11)15/h3-4H,1-2H3,(H,10,13). The third-order valence-electron chi connectivity index (χ3n) is 2.39. The molecule has 6 nitrogen and oxygen atoms in total. The Morgan fingerprint density at radius 1 is 1.13 bits per heavy atom. The first-order valence-corrected chi connectivity index (χ1v) is 4.31. The predicted molar refractivity (Wildman–Crippen MR) is 55.1 cm³/mol. The zero-order valence-corrected chi connectivity index (χ0v) is 8.27. The van der Waals surface area contributed by atoms with Crippen molar-refractivity contribution in [3.8, 4) is 0 Å². The Balaban J connectivity index is 3.31. The van der Waals surface area contributed by atoms with E-state index in [1.165, 1.54) is 30.9 Å². The van der Waals surface area contributed by atoms with Crippen molar-refractivity contribution >= 4 is 10.9 Å². The van der Waals surface area contributed by atoms with Gasteiger partial charge in [0.2, 0.25) is 0 Å². The minimum absolute atomic E-state index is 0.00194. The highest BCUT2D eigenvalue weighted by Gasteiger charge is 2.10. The van der Waals surface area contributed by atoms with Crippen molar-refractivity contribution < 1.29 is 0 Å². The van der Waals surface area contributed by atoms with Gasteiger partial charge in [0.1, 0.15) is 5.39 Å². The number of fused-ring (bicyclic) bond motifs is 1. The van der Waals surface area contributed by atoms with Crippen molar-refractivity contribution in [3.05, 3.63) is 43.5 Å². The third kappa shape index (κ3) is 1.14. The van der Waals surface area contributed by atoms with Gasteiger partial charge in [0.05, 0.1) is 5.52 Å². The van der Waals surface area contributed by atoms with E-state index in [1.807, 2.05) is 0 Å². The molecular formula is C9H9N3O3. The summed E-state index contributed by atoms with van der Waals surface area (Å²) >= 11 is 0. The lowest BCUT2D eigenvalue weighted by atomic mass is 10.3. The quantitative estimate of drug-likeness (QED) is 0.597. The van der Waals surface area contributed by atoms with Gasteiger partial charge in [0, 0.05) is 20.3 Å². The molecule has 0 aliphatic carbocycles. The van der Waals surface area contributed by atoms with Crippen molar-refractivity contribution in [2.24, 2.45) is 14.1 Å². The Hall–Kier alpha value is -2.11. The summed E-state index contributed by atoms with van der Waals surface area (Å²) < 4.78 is 2.18. The van der Waals surface area contributed by atoms with Gasteiger partial charge in [-0.3, -0.25) is 18.7 Å². The number of hydrogen-bond donors (Lipinski definition) is 1. The fourth-order valence-electron chi connectivity index (χ4n) is 1.54. The number of nitrogens with one attached hydrogen (secondary N) is 1. The van der Waals surface area contributed by atoms with Crippen LogP contribution in [-0.4, -0.2) is 14.1 Å². The van der Waals surface area contributed by atoms with Crippen molar-refractivity contribution in [2.45, 2.75) is 0 Å². The molecule has 2 aromatic heterocycles. The van der Waals surface area contributed by atoms with Crippen molar-refractivity contribution in [2.75, 3.05) is 0 Å². The summed E-state index contributed by atoms with van der Waals surface area (Å²) in [7, 11) is 2.86. The van der Waals surface area contributed by atoms with Gasteiger partial charge in [-0.25, -0.2) is 4.79 Å². The highest BCUT2D eigenvalue weighted by atomic mass is 16.2. The molecule has 6 heteroatoms. The highest BCUT2D eigenvalue weighted by Crippen LogP contribution is 1.98. The summed E-state index contributed by atoms with van der Waals surface area (Å²) in [5.41, 5.74) is -1.16. The Morgan fingerprint density at radius 2 is 1.80 bits per heavy atom. The minimum atomic E-state index is -0.574. The van der Waals surface area contributed by atoms with Gasteiger partial charge in [0.25, 0.3) is 11.1 Å². The second kappa shape index (κ2) is 2.94. The van der Waals surface area contributed by atoms with Crippen LogP contribution in [0.3, 0.4) is 0 Å². The Kier molecular flexibility index (Phi) is 1.85. The van der Waals surface area contributed by atoms with Gasteiger partial charge in [-0.15, -0.1) is 0 Å². The molecule has 2 heterocycles. The molecule has 2 aromatic rings. The molecule has 0 aliphatic heterocycles. The number of aryl methyl sites for hydroxylation is 1. The number of aromatic amines is 1. The second-order valence-corrected chi connectivity index (χ2v) is 3.27. The highest BCUT2D eigenvalue weighted by molar-refractivity contribution is 5.76. The van der Waals surface area contributed by atoms with Crippen LogP contribution < -0.4 is 16.8 Å². The summed E-state index contributed by atoms with van der Waals surface area (Å²) in [6.45, 7) is 0. The molecule has 0 fully saturated rings. The summed E-state index contributed by atoms with van der Waals surface area (Å²) in [5, 5.41) is 0.00194. The van der Waals surface area contributed by atoms with Crippen LogP contribution in [0.4, 0.5) is 0 Å². The first kappa shape index (κ1) is 9.45. The molecule has 0 aliphatic rings. The number of hydrogen-bond acceptors (Lipinski definition) is 3. The van der Waals surface area contributed by atoms with E-state index in [0.29, 0.717) is 5.52 Å². The fourth-order valence-corrected chi connectivity index (χ4v) is 1.54. The van der Waals surface area contributed by atoms with Gasteiger partial charge in [-0.05, 0) is 6.07 Å².